The van der Waals surface area contributed by atoms with Crippen LogP contribution >= 0.6 is 34.5 Å². The predicted octanol–water partition coefficient (Wildman–Crippen LogP) is 6.45. The van der Waals surface area contributed by atoms with E-state index in [0.29, 0.717) is 44.0 Å². The van der Waals surface area contributed by atoms with Crippen molar-refractivity contribution in [3.63, 3.8) is 0 Å². The number of carboxylic acid groups (broad SMARTS) is 1. The maximum atomic E-state index is 15.0. The van der Waals surface area contributed by atoms with Gasteiger partial charge in [-0.15, -0.1) is 0 Å². The Hall–Kier alpha value is -3.74. The number of thiazole rings is 1. The number of amides is 1. The number of aromatic nitrogens is 2. The van der Waals surface area contributed by atoms with E-state index in [1.807, 2.05) is 0 Å². The number of ether oxygens (including phenoxy) is 1. The third-order valence-electron chi connectivity index (χ3n) is 8.35. The highest BCUT2D eigenvalue weighted by Gasteiger charge is 2.45. The number of aliphatic carboxylic acids is 1. The zero-order valence-electron chi connectivity index (χ0n) is 23.0. The number of benzene rings is 2. The lowest BCUT2D eigenvalue weighted by atomic mass is 9.99. The molecule has 2 aromatic heterocycles. The Kier molecular flexibility index (Phi) is 7.46. The van der Waals surface area contributed by atoms with E-state index in [1.165, 1.54) is 17.4 Å². The molecule has 0 radical (unpaired) electrons. The van der Waals surface area contributed by atoms with Gasteiger partial charge in [-0.05, 0) is 49.9 Å². The molecule has 44 heavy (non-hydrogen) atoms. The van der Waals surface area contributed by atoms with Crippen molar-refractivity contribution < 1.29 is 33.1 Å². The largest absolute Gasteiger partial charge is 0.480 e. The number of nitrogens with zero attached hydrogens (tertiary/aromatic N) is 3. The number of fused-ring (bicyclic) bond motifs is 3. The van der Waals surface area contributed by atoms with Crippen molar-refractivity contribution in [3.05, 3.63) is 63.1 Å². The number of rotatable bonds is 8. The normalized spacial score (nSPS) is 21.1. The van der Waals surface area contributed by atoms with Crippen LogP contribution in [0.2, 0.25) is 10.0 Å². The van der Waals surface area contributed by atoms with Crippen LogP contribution in [0, 0.1) is 5.82 Å². The molecule has 4 heterocycles. The minimum absolute atomic E-state index is 0.0244. The lowest BCUT2D eigenvalue weighted by Gasteiger charge is -2.38. The quantitative estimate of drug-likeness (QED) is 0.205. The SMILES string of the molecule is O=C(O)CNC(=O)c1cc(F)c2nc(N3[C@@H]4CC[C@H]3CC(OC(=O)c3c(-c5c(Cl)cccc5Cl)noc3C3CC3)C4)sc2c1. The van der Waals surface area contributed by atoms with Gasteiger partial charge in [0, 0.05) is 42.0 Å². The fourth-order valence-corrected chi connectivity index (χ4v) is 7.98. The van der Waals surface area contributed by atoms with E-state index in [-0.39, 0.29) is 46.4 Å². The number of esters is 1. The van der Waals surface area contributed by atoms with Crippen molar-refractivity contribution in [1.82, 2.24) is 15.5 Å². The highest BCUT2D eigenvalue weighted by atomic mass is 35.5. The monoisotopic (exact) mass is 658 g/mol. The van der Waals surface area contributed by atoms with Gasteiger partial charge in [-0.25, -0.2) is 14.2 Å². The Morgan fingerprint density at radius 2 is 1.82 bits per heavy atom. The van der Waals surface area contributed by atoms with Gasteiger partial charge in [0.1, 0.15) is 29.4 Å². The number of piperidine rings is 1. The molecule has 1 saturated carbocycles. The van der Waals surface area contributed by atoms with Crippen molar-refractivity contribution in [2.45, 2.75) is 62.6 Å². The highest BCUT2D eigenvalue weighted by molar-refractivity contribution is 7.22. The van der Waals surface area contributed by atoms with E-state index >= 15 is 0 Å². The maximum Gasteiger partial charge on any atom is 0.344 e. The third kappa shape index (κ3) is 5.28. The number of anilines is 1. The van der Waals surface area contributed by atoms with Crippen LogP contribution in [0.15, 0.2) is 34.9 Å². The molecular formula is C30H25Cl2FN4O6S. The number of carbonyl (C=O) groups excluding carboxylic acids is 2. The van der Waals surface area contributed by atoms with Crippen LogP contribution in [0.25, 0.3) is 21.5 Å². The Labute approximate surface area is 264 Å². The minimum atomic E-state index is -1.19. The molecule has 0 spiro atoms. The zero-order chi connectivity index (χ0) is 30.7. The molecule has 2 N–H and O–H groups in total. The molecule has 2 bridgehead atoms. The van der Waals surface area contributed by atoms with E-state index < -0.39 is 30.2 Å². The average Bonchev–Trinajstić information content (AvgIpc) is 3.48. The van der Waals surface area contributed by atoms with Crippen LogP contribution in [-0.4, -0.2) is 57.8 Å². The molecule has 4 aromatic rings. The van der Waals surface area contributed by atoms with Gasteiger partial charge >= 0.3 is 11.9 Å². The van der Waals surface area contributed by atoms with Gasteiger partial charge in [-0.1, -0.05) is 45.8 Å². The second-order valence-electron chi connectivity index (χ2n) is 11.3. The van der Waals surface area contributed by atoms with Gasteiger partial charge < -0.3 is 24.6 Å². The first kappa shape index (κ1) is 29.0. The van der Waals surface area contributed by atoms with Crippen LogP contribution in [0.5, 0.6) is 0 Å². The number of halogens is 3. The first-order valence-electron chi connectivity index (χ1n) is 14.2. The van der Waals surface area contributed by atoms with Crippen molar-refractivity contribution in [3.8, 4) is 11.3 Å². The summed E-state index contributed by atoms with van der Waals surface area (Å²) in [6.45, 7) is -0.566. The Balaban J connectivity index is 1.10. The lowest BCUT2D eigenvalue weighted by molar-refractivity contribution is -0.135. The highest BCUT2D eigenvalue weighted by Crippen LogP contribution is 2.47. The van der Waals surface area contributed by atoms with Crippen LogP contribution in [0.3, 0.4) is 0 Å². The minimum Gasteiger partial charge on any atom is -0.480 e. The molecule has 2 aliphatic heterocycles. The number of nitrogens with one attached hydrogen (secondary N) is 1. The molecule has 2 aromatic carbocycles. The molecule has 3 fully saturated rings. The number of hydrogen-bond acceptors (Lipinski definition) is 9. The molecule has 3 atom stereocenters. The topological polar surface area (TPSA) is 135 Å². The van der Waals surface area contributed by atoms with E-state index in [2.05, 4.69) is 20.4 Å². The molecule has 1 unspecified atom stereocenters. The summed E-state index contributed by atoms with van der Waals surface area (Å²) in [5, 5.41) is 16.6. The summed E-state index contributed by atoms with van der Waals surface area (Å²) >= 11 is 14.2. The maximum absolute atomic E-state index is 15.0. The summed E-state index contributed by atoms with van der Waals surface area (Å²) in [4.78, 5) is 43.6. The molecule has 2 saturated heterocycles. The van der Waals surface area contributed by atoms with Gasteiger partial charge in [0.25, 0.3) is 5.91 Å². The summed E-state index contributed by atoms with van der Waals surface area (Å²) in [7, 11) is 0. The fraction of sp³-hybridized carbons (Fsp3) is 0.367. The van der Waals surface area contributed by atoms with Gasteiger partial charge in [0.05, 0.1) is 14.7 Å². The molecular weight excluding hydrogens is 634 g/mol. The van der Waals surface area contributed by atoms with Gasteiger partial charge in [0.2, 0.25) is 0 Å². The van der Waals surface area contributed by atoms with Gasteiger partial charge in [0.15, 0.2) is 16.7 Å². The van der Waals surface area contributed by atoms with Gasteiger partial charge in [-0.3, -0.25) is 9.59 Å². The Morgan fingerprint density at radius 1 is 1.11 bits per heavy atom. The summed E-state index contributed by atoms with van der Waals surface area (Å²) in [6, 6.07) is 7.71. The Bertz CT molecular complexity index is 1790. The summed E-state index contributed by atoms with van der Waals surface area (Å²) in [5.74, 6) is -2.46. The average molecular weight is 660 g/mol. The van der Waals surface area contributed by atoms with E-state index in [1.54, 1.807) is 18.2 Å². The molecule has 1 amide bonds. The van der Waals surface area contributed by atoms with Crippen LogP contribution in [-0.2, 0) is 9.53 Å². The summed E-state index contributed by atoms with van der Waals surface area (Å²) in [6.07, 6.45) is 4.28. The standard InChI is InChI=1S/C30H25Cl2FN4O6S/c31-18-2-1-3-19(32)23(18)26-24(27(43-36-26)13-4-5-13)29(41)42-17-10-15-6-7-16(11-17)37(15)30-35-25-20(33)8-14(9-21(25)44-30)28(40)34-12-22(38)39/h1-3,8-9,13,15-17H,4-7,10-12H2,(H,34,40)(H,38,39)/t15-,16+,17?. The molecule has 14 heteroatoms. The molecule has 10 nitrogen and oxygen atoms in total. The number of carbonyl (C=O) groups is 3. The number of hydrogen-bond donors (Lipinski definition) is 2. The van der Waals surface area contributed by atoms with E-state index in [0.717, 1.165) is 31.7 Å². The van der Waals surface area contributed by atoms with Crippen molar-refractivity contribution in [2.75, 3.05) is 11.4 Å². The predicted molar refractivity (Wildman–Crippen MR) is 161 cm³/mol. The second-order valence-corrected chi connectivity index (χ2v) is 13.1. The summed E-state index contributed by atoms with van der Waals surface area (Å²) < 4.78 is 27.2. The fourth-order valence-electron chi connectivity index (χ4n) is 6.24. The van der Waals surface area contributed by atoms with E-state index in [4.69, 9.17) is 37.6 Å². The molecule has 1 aliphatic carbocycles. The lowest BCUT2D eigenvalue weighted by Crippen LogP contribution is -2.46. The number of carboxylic acids is 1. The Morgan fingerprint density at radius 3 is 2.48 bits per heavy atom. The third-order valence-corrected chi connectivity index (χ3v) is 10.00. The van der Waals surface area contributed by atoms with Gasteiger partial charge in [-0.2, -0.15) is 0 Å². The van der Waals surface area contributed by atoms with Crippen molar-refractivity contribution in [2.24, 2.45) is 0 Å². The second kappa shape index (κ2) is 11.3. The molecule has 228 valence electrons. The first-order valence-corrected chi connectivity index (χ1v) is 15.8. The van der Waals surface area contributed by atoms with E-state index in [9.17, 15) is 18.8 Å². The summed E-state index contributed by atoms with van der Waals surface area (Å²) in [5.41, 5.74) is 1.15. The zero-order valence-corrected chi connectivity index (χ0v) is 25.3. The van der Waals surface area contributed by atoms with Crippen molar-refractivity contribution in [1.29, 1.82) is 0 Å². The van der Waals surface area contributed by atoms with Crippen LogP contribution < -0.4 is 10.2 Å². The van der Waals surface area contributed by atoms with Crippen molar-refractivity contribution >= 4 is 67.7 Å². The first-order chi connectivity index (χ1) is 21.2. The smallest absolute Gasteiger partial charge is 0.344 e. The molecule has 3 aliphatic rings. The van der Waals surface area contributed by atoms with Crippen LogP contribution in [0.1, 0.15) is 70.9 Å². The van der Waals surface area contributed by atoms with Crippen LogP contribution in [0.4, 0.5) is 9.52 Å². The molecule has 7 rings (SSSR count).